The maximum atomic E-state index is 11.1. The van der Waals surface area contributed by atoms with Crippen LogP contribution in [0.5, 0.6) is 5.75 Å². The summed E-state index contributed by atoms with van der Waals surface area (Å²) in [5.74, 6) is 0.481. The summed E-state index contributed by atoms with van der Waals surface area (Å²) in [6.07, 6.45) is 2.12. The average molecular weight is 248 g/mol. The van der Waals surface area contributed by atoms with Gasteiger partial charge in [0.2, 0.25) is 12.0 Å². The van der Waals surface area contributed by atoms with Crippen LogP contribution < -0.4 is 10.1 Å². The van der Waals surface area contributed by atoms with Crippen LogP contribution in [0.1, 0.15) is 19.4 Å². The number of ether oxygens (including phenoxy) is 1. The Kier molecular flexibility index (Phi) is 5.61. The largest absolute Gasteiger partial charge is 0.492 e. The molecule has 0 atom stereocenters. The predicted molar refractivity (Wildman–Crippen MR) is 68.6 cm³/mol. The smallest absolute Gasteiger partial charge is 0.234 e. The average Bonchev–Trinajstić information content (AvgIpc) is 2.32. The second-order valence-corrected chi connectivity index (χ2v) is 3.67. The SMILES string of the molecule is CCOc1ccc(CCN=C=O)cc1NC(C)=O. The van der Waals surface area contributed by atoms with Gasteiger partial charge in [0, 0.05) is 6.92 Å². The third-order valence-corrected chi connectivity index (χ3v) is 2.23. The Hall–Kier alpha value is -2.13. The molecule has 0 aliphatic heterocycles. The van der Waals surface area contributed by atoms with E-state index in [1.165, 1.54) is 13.0 Å². The third-order valence-electron chi connectivity index (χ3n) is 2.23. The molecular weight excluding hydrogens is 232 g/mol. The standard InChI is InChI=1S/C13H16N2O3/c1-3-18-13-5-4-11(6-7-14-9-16)8-12(13)15-10(2)17/h4-5,8H,3,6-7H2,1-2H3,(H,15,17). The Bertz CT molecular complexity index is 465. The molecule has 96 valence electrons. The molecule has 0 spiro atoms. The molecule has 0 saturated carbocycles. The monoisotopic (exact) mass is 248 g/mol. The fourth-order valence-electron chi connectivity index (χ4n) is 1.53. The number of hydrogen-bond donors (Lipinski definition) is 1. The quantitative estimate of drug-likeness (QED) is 0.617. The maximum absolute atomic E-state index is 11.1. The van der Waals surface area contributed by atoms with Gasteiger partial charge in [0.25, 0.3) is 0 Å². The molecule has 1 N–H and O–H groups in total. The Morgan fingerprint density at radius 1 is 1.50 bits per heavy atom. The highest BCUT2D eigenvalue weighted by molar-refractivity contribution is 5.90. The minimum Gasteiger partial charge on any atom is -0.492 e. The molecule has 0 unspecified atom stereocenters. The first-order valence-electron chi connectivity index (χ1n) is 5.74. The lowest BCUT2D eigenvalue weighted by Gasteiger charge is -2.12. The number of rotatable bonds is 6. The Morgan fingerprint density at radius 3 is 2.89 bits per heavy atom. The van der Waals surface area contributed by atoms with Crippen LogP contribution in [0.3, 0.4) is 0 Å². The lowest BCUT2D eigenvalue weighted by atomic mass is 10.1. The van der Waals surface area contributed by atoms with E-state index in [-0.39, 0.29) is 5.91 Å². The molecular formula is C13H16N2O3. The highest BCUT2D eigenvalue weighted by atomic mass is 16.5. The van der Waals surface area contributed by atoms with Gasteiger partial charge < -0.3 is 10.1 Å². The van der Waals surface area contributed by atoms with Gasteiger partial charge in [-0.15, -0.1) is 0 Å². The molecule has 0 bridgehead atoms. The van der Waals surface area contributed by atoms with Gasteiger partial charge in [-0.05, 0) is 31.0 Å². The predicted octanol–water partition coefficient (Wildman–Crippen LogP) is 1.92. The van der Waals surface area contributed by atoms with E-state index in [0.717, 1.165) is 5.56 Å². The minimum atomic E-state index is -0.154. The van der Waals surface area contributed by atoms with Crippen molar-refractivity contribution in [3.8, 4) is 5.75 Å². The number of nitrogens with one attached hydrogen (secondary N) is 1. The Balaban J connectivity index is 2.89. The first-order chi connectivity index (χ1) is 8.67. The van der Waals surface area contributed by atoms with Crippen molar-refractivity contribution in [2.75, 3.05) is 18.5 Å². The number of carbonyl (C=O) groups is 1. The molecule has 18 heavy (non-hydrogen) atoms. The van der Waals surface area contributed by atoms with Crippen molar-refractivity contribution in [1.82, 2.24) is 0 Å². The van der Waals surface area contributed by atoms with E-state index in [9.17, 15) is 9.59 Å². The summed E-state index contributed by atoms with van der Waals surface area (Å²) in [6, 6.07) is 5.51. The van der Waals surface area contributed by atoms with Crippen LogP contribution in [-0.4, -0.2) is 25.1 Å². The van der Waals surface area contributed by atoms with Crippen LogP contribution in [0.2, 0.25) is 0 Å². The Labute approximate surface area is 106 Å². The number of isocyanates is 1. The number of carbonyl (C=O) groups excluding carboxylic acids is 2. The van der Waals surface area contributed by atoms with E-state index in [2.05, 4.69) is 10.3 Å². The van der Waals surface area contributed by atoms with Gasteiger partial charge in [0.1, 0.15) is 5.75 Å². The molecule has 1 aromatic rings. The van der Waals surface area contributed by atoms with Gasteiger partial charge in [-0.25, -0.2) is 9.79 Å². The summed E-state index contributed by atoms with van der Waals surface area (Å²) < 4.78 is 5.42. The van der Waals surface area contributed by atoms with Crippen molar-refractivity contribution < 1.29 is 14.3 Å². The van der Waals surface area contributed by atoms with Gasteiger partial charge in [0.05, 0.1) is 18.8 Å². The summed E-state index contributed by atoms with van der Waals surface area (Å²) >= 11 is 0. The van der Waals surface area contributed by atoms with Gasteiger partial charge >= 0.3 is 0 Å². The normalized spacial score (nSPS) is 9.44. The highest BCUT2D eigenvalue weighted by Crippen LogP contribution is 2.26. The second-order valence-electron chi connectivity index (χ2n) is 3.67. The van der Waals surface area contributed by atoms with Gasteiger partial charge in [0.15, 0.2) is 0 Å². The molecule has 1 amide bonds. The van der Waals surface area contributed by atoms with Crippen molar-refractivity contribution >= 4 is 17.7 Å². The van der Waals surface area contributed by atoms with Gasteiger partial charge in [-0.1, -0.05) is 6.07 Å². The van der Waals surface area contributed by atoms with Crippen LogP contribution in [-0.2, 0) is 16.0 Å². The summed E-state index contributed by atoms with van der Waals surface area (Å²) in [6.45, 7) is 4.24. The molecule has 0 aliphatic carbocycles. The van der Waals surface area contributed by atoms with Crippen LogP contribution in [0.25, 0.3) is 0 Å². The lowest BCUT2D eigenvalue weighted by molar-refractivity contribution is -0.114. The highest BCUT2D eigenvalue weighted by Gasteiger charge is 2.06. The maximum Gasteiger partial charge on any atom is 0.234 e. The molecule has 5 nitrogen and oxygen atoms in total. The van der Waals surface area contributed by atoms with E-state index in [4.69, 9.17) is 4.74 Å². The number of anilines is 1. The second kappa shape index (κ2) is 7.25. The molecule has 5 heteroatoms. The number of nitrogens with zero attached hydrogens (tertiary/aromatic N) is 1. The van der Waals surface area contributed by atoms with Crippen molar-refractivity contribution in [2.45, 2.75) is 20.3 Å². The summed E-state index contributed by atoms with van der Waals surface area (Å²) in [5, 5.41) is 2.72. The zero-order valence-corrected chi connectivity index (χ0v) is 10.5. The van der Waals surface area contributed by atoms with Crippen molar-refractivity contribution in [2.24, 2.45) is 4.99 Å². The first-order valence-corrected chi connectivity index (χ1v) is 5.74. The van der Waals surface area contributed by atoms with E-state index in [0.29, 0.717) is 31.0 Å². The summed E-state index contributed by atoms with van der Waals surface area (Å²) in [5.41, 5.74) is 1.61. The molecule has 1 rings (SSSR count). The van der Waals surface area contributed by atoms with Crippen molar-refractivity contribution in [1.29, 1.82) is 0 Å². The molecule has 0 radical (unpaired) electrons. The van der Waals surface area contributed by atoms with Crippen LogP contribution in [0, 0.1) is 0 Å². The van der Waals surface area contributed by atoms with E-state index in [1.807, 2.05) is 19.1 Å². The number of amides is 1. The van der Waals surface area contributed by atoms with Crippen LogP contribution in [0.15, 0.2) is 23.2 Å². The molecule has 0 heterocycles. The molecule has 0 aromatic heterocycles. The lowest BCUT2D eigenvalue weighted by Crippen LogP contribution is -2.08. The number of aliphatic imine (C=N–C) groups is 1. The number of hydrogen-bond acceptors (Lipinski definition) is 4. The molecule has 0 saturated heterocycles. The minimum absolute atomic E-state index is 0.154. The molecule has 0 fully saturated rings. The third kappa shape index (κ3) is 4.39. The van der Waals surface area contributed by atoms with Crippen LogP contribution in [0.4, 0.5) is 5.69 Å². The fraction of sp³-hybridized carbons (Fsp3) is 0.385. The van der Waals surface area contributed by atoms with Crippen molar-refractivity contribution in [3.05, 3.63) is 23.8 Å². The van der Waals surface area contributed by atoms with Crippen LogP contribution >= 0.6 is 0 Å². The van der Waals surface area contributed by atoms with Gasteiger partial charge in [-0.3, -0.25) is 4.79 Å². The zero-order chi connectivity index (χ0) is 13.4. The van der Waals surface area contributed by atoms with E-state index >= 15 is 0 Å². The summed E-state index contributed by atoms with van der Waals surface area (Å²) in [4.78, 5) is 24.6. The zero-order valence-electron chi connectivity index (χ0n) is 10.5. The summed E-state index contributed by atoms with van der Waals surface area (Å²) in [7, 11) is 0. The molecule has 1 aromatic carbocycles. The Morgan fingerprint density at radius 2 is 2.28 bits per heavy atom. The van der Waals surface area contributed by atoms with Gasteiger partial charge in [-0.2, -0.15) is 0 Å². The fourth-order valence-corrected chi connectivity index (χ4v) is 1.53. The van der Waals surface area contributed by atoms with E-state index in [1.54, 1.807) is 6.07 Å². The number of benzene rings is 1. The first kappa shape index (κ1) is 13.9. The van der Waals surface area contributed by atoms with E-state index < -0.39 is 0 Å². The van der Waals surface area contributed by atoms with Crippen molar-refractivity contribution in [3.63, 3.8) is 0 Å². The topological polar surface area (TPSA) is 67.8 Å². The molecule has 0 aliphatic rings.